The molecule has 3 rings (SSSR count). The van der Waals surface area contributed by atoms with Crippen LogP contribution in [0.1, 0.15) is 5.56 Å². The Hall–Kier alpha value is -1.49. The summed E-state index contributed by atoms with van der Waals surface area (Å²) in [4.78, 5) is 0. The monoisotopic (exact) mass is 293 g/mol. The number of halogens is 1. The molecule has 0 radical (unpaired) electrons. The third-order valence-corrected chi connectivity index (χ3v) is 3.46. The van der Waals surface area contributed by atoms with Gasteiger partial charge >= 0.3 is 0 Å². The number of aromatic nitrogens is 2. The predicted molar refractivity (Wildman–Crippen MR) is 70.5 cm³/mol. The lowest BCUT2D eigenvalue weighted by Gasteiger charge is -2.08. The Bertz CT molecular complexity index is 565. The van der Waals surface area contributed by atoms with Crippen LogP contribution in [0.2, 0.25) is 0 Å². The van der Waals surface area contributed by atoms with Crippen molar-refractivity contribution < 1.29 is 4.74 Å². The highest BCUT2D eigenvalue weighted by Crippen LogP contribution is 2.37. The van der Waals surface area contributed by atoms with Gasteiger partial charge in [-0.1, -0.05) is 15.9 Å². The second-order valence-corrected chi connectivity index (χ2v) is 4.86. The zero-order chi connectivity index (χ0) is 11.8. The number of methoxy groups -OCH3 is 1. The first-order chi connectivity index (χ1) is 8.29. The SMILES string of the molecule is COc1ccc(Br)cc1-c1[nH]nc2c1CCN2. The minimum Gasteiger partial charge on any atom is -0.496 e. The van der Waals surface area contributed by atoms with Crippen molar-refractivity contribution in [3.63, 3.8) is 0 Å². The van der Waals surface area contributed by atoms with E-state index in [-0.39, 0.29) is 0 Å². The van der Waals surface area contributed by atoms with Gasteiger partial charge in [-0.2, -0.15) is 5.10 Å². The summed E-state index contributed by atoms with van der Waals surface area (Å²) in [5, 5.41) is 10.6. The minimum absolute atomic E-state index is 0.853. The Balaban J connectivity index is 2.17. The number of nitrogens with one attached hydrogen (secondary N) is 2. The Labute approximate surface area is 108 Å². The maximum absolute atomic E-state index is 5.39. The second-order valence-electron chi connectivity index (χ2n) is 3.95. The van der Waals surface area contributed by atoms with Gasteiger partial charge in [-0.05, 0) is 24.6 Å². The third kappa shape index (κ3) is 1.70. The van der Waals surface area contributed by atoms with E-state index in [9.17, 15) is 0 Å². The van der Waals surface area contributed by atoms with Crippen molar-refractivity contribution in [1.82, 2.24) is 10.2 Å². The fourth-order valence-electron chi connectivity index (χ4n) is 2.16. The summed E-state index contributed by atoms with van der Waals surface area (Å²) in [6.45, 7) is 0.954. The summed E-state index contributed by atoms with van der Waals surface area (Å²) in [6.07, 6.45) is 0.997. The molecule has 2 N–H and O–H groups in total. The standard InChI is InChI=1S/C12H12BrN3O/c1-17-10-3-2-7(13)6-9(10)11-8-4-5-14-12(8)16-15-11/h2-3,6H,4-5H2,1H3,(H2,14,15,16). The number of rotatable bonds is 2. The summed E-state index contributed by atoms with van der Waals surface area (Å²) in [5.41, 5.74) is 3.32. The Morgan fingerprint density at radius 2 is 2.29 bits per heavy atom. The van der Waals surface area contributed by atoms with Crippen LogP contribution in [0.15, 0.2) is 22.7 Å². The largest absolute Gasteiger partial charge is 0.496 e. The molecule has 17 heavy (non-hydrogen) atoms. The molecule has 0 atom stereocenters. The first kappa shape index (κ1) is 10.7. The van der Waals surface area contributed by atoms with E-state index < -0.39 is 0 Å². The van der Waals surface area contributed by atoms with E-state index in [0.29, 0.717) is 0 Å². The fourth-order valence-corrected chi connectivity index (χ4v) is 2.52. The van der Waals surface area contributed by atoms with Crippen LogP contribution < -0.4 is 10.1 Å². The highest BCUT2D eigenvalue weighted by atomic mass is 79.9. The van der Waals surface area contributed by atoms with Gasteiger partial charge in [-0.15, -0.1) is 0 Å². The van der Waals surface area contributed by atoms with Crippen molar-refractivity contribution in [2.24, 2.45) is 0 Å². The van der Waals surface area contributed by atoms with Crippen molar-refractivity contribution >= 4 is 21.7 Å². The summed E-state index contributed by atoms with van der Waals surface area (Å²) in [6, 6.07) is 5.97. The van der Waals surface area contributed by atoms with Crippen LogP contribution in [-0.2, 0) is 6.42 Å². The van der Waals surface area contributed by atoms with Crippen LogP contribution in [0.5, 0.6) is 5.75 Å². The third-order valence-electron chi connectivity index (χ3n) is 2.97. The highest BCUT2D eigenvalue weighted by Gasteiger charge is 2.21. The average molecular weight is 294 g/mol. The smallest absolute Gasteiger partial charge is 0.151 e. The number of anilines is 1. The molecule has 2 heterocycles. The zero-order valence-corrected chi connectivity index (χ0v) is 11.0. The number of ether oxygens (including phenoxy) is 1. The van der Waals surface area contributed by atoms with Crippen LogP contribution in [-0.4, -0.2) is 23.9 Å². The molecule has 1 aromatic carbocycles. The Morgan fingerprint density at radius 1 is 1.41 bits per heavy atom. The van der Waals surface area contributed by atoms with Crippen LogP contribution >= 0.6 is 15.9 Å². The van der Waals surface area contributed by atoms with Crippen LogP contribution in [0, 0.1) is 0 Å². The average Bonchev–Trinajstić information content (AvgIpc) is 2.90. The van der Waals surface area contributed by atoms with Gasteiger partial charge in [0.25, 0.3) is 0 Å². The van der Waals surface area contributed by atoms with Gasteiger partial charge in [0.2, 0.25) is 0 Å². The van der Waals surface area contributed by atoms with Crippen molar-refractivity contribution in [1.29, 1.82) is 0 Å². The number of hydrogen-bond donors (Lipinski definition) is 2. The second kappa shape index (κ2) is 4.07. The van der Waals surface area contributed by atoms with Crippen molar-refractivity contribution in [3.05, 3.63) is 28.2 Å². The maximum Gasteiger partial charge on any atom is 0.151 e. The molecule has 1 aliphatic heterocycles. The molecule has 0 amide bonds. The maximum atomic E-state index is 5.39. The number of nitrogens with zero attached hydrogens (tertiary/aromatic N) is 1. The molecule has 0 spiro atoms. The summed E-state index contributed by atoms with van der Waals surface area (Å²) < 4.78 is 6.43. The molecule has 5 heteroatoms. The van der Waals surface area contributed by atoms with E-state index in [0.717, 1.165) is 40.3 Å². The molecular weight excluding hydrogens is 282 g/mol. The van der Waals surface area contributed by atoms with E-state index in [2.05, 4.69) is 31.4 Å². The van der Waals surface area contributed by atoms with Crippen LogP contribution in [0.25, 0.3) is 11.3 Å². The molecule has 0 aliphatic carbocycles. The number of aromatic amines is 1. The van der Waals surface area contributed by atoms with Gasteiger partial charge in [0.05, 0.1) is 12.8 Å². The fraction of sp³-hybridized carbons (Fsp3) is 0.250. The molecule has 0 saturated heterocycles. The quantitative estimate of drug-likeness (QED) is 0.895. The molecule has 0 bridgehead atoms. The highest BCUT2D eigenvalue weighted by molar-refractivity contribution is 9.10. The van der Waals surface area contributed by atoms with Gasteiger partial charge < -0.3 is 10.1 Å². The summed E-state index contributed by atoms with van der Waals surface area (Å²) >= 11 is 3.49. The van der Waals surface area contributed by atoms with Crippen molar-refractivity contribution in [3.8, 4) is 17.0 Å². The number of fused-ring (bicyclic) bond motifs is 1. The van der Waals surface area contributed by atoms with Gasteiger partial charge in [0.1, 0.15) is 5.75 Å². The molecule has 1 aromatic heterocycles. The van der Waals surface area contributed by atoms with E-state index in [4.69, 9.17) is 4.74 Å². The molecule has 4 nitrogen and oxygen atoms in total. The normalized spacial score (nSPS) is 13.3. The first-order valence-electron chi connectivity index (χ1n) is 5.44. The molecule has 2 aromatic rings. The van der Waals surface area contributed by atoms with E-state index >= 15 is 0 Å². The number of benzene rings is 1. The summed E-state index contributed by atoms with van der Waals surface area (Å²) in [5.74, 6) is 1.81. The molecule has 0 saturated carbocycles. The number of H-pyrrole nitrogens is 1. The lowest BCUT2D eigenvalue weighted by atomic mass is 10.1. The van der Waals surface area contributed by atoms with Gasteiger partial charge in [-0.25, -0.2) is 0 Å². The minimum atomic E-state index is 0.853. The van der Waals surface area contributed by atoms with E-state index in [1.54, 1.807) is 7.11 Å². The Morgan fingerprint density at radius 3 is 3.12 bits per heavy atom. The predicted octanol–water partition coefficient (Wildman–Crippen LogP) is 2.82. The van der Waals surface area contributed by atoms with Crippen LogP contribution in [0.3, 0.4) is 0 Å². The van der Waals surface area contributed by atoms with E-state index in [1.165, 1.54) is 5.56 Å². The lowest BCUT2D eigenvalue weighted by Crippen LogP contribution is -1.95. The number of hydrogen-bond acceptors (Lipinski definition) is 3. The Kier molecular flexibility index (Phi) is 2.55. The molecular formula is C12H12BrN3O. The van der Waals surface area contributed by atoms with Crippen molar-refractivity contribution in [2.45, 2.75) is 6.42 Å². The first-order valence-corrected chi connectivity index (χ1v) is 6.24. The molecule has 88 valence electrons. The van der Waals surface area contributed by atoms with Crippen molar-refractivity contribution in [2.75, 3.05) is 19.0 Å². The zero-order valence-electron chi connectivity index (χ0n) is 9.38. The molecule has 1 aliphatic rings. The summed E-state index contributed by atoms with van der Waals surface area (Å²) in [7, 11) is 1.68. The van der Waals surface area contributed by atoms with Gasteiger partial charge in [0.15, 0.2) is 5.82 Å². The molecule has 0 fully saturated rings. The van der Waals surface area contributed by atoms with Gasteiger partial charge in [0, 0.05) is 22.1 Å². The van der Waals surface area contributed by atoms with Crippen LogP contribution in [0.4, 0.5) is 5.82 Å². The van der Waals surface area contributed by atoms with Gasteiger partial charge in [-0.3, -0.25) is 5.10 Å². The topological polar surface area (TPSA) is 49.9 Å². The lowest BCUT2D eigenvalue weighted by molar-refractivity contribution is 0.416. The van der Waals surface area contributed by atoms with E-state index in [1.807, 2.05) is 18.2 Å². The molecule has 0 unspecified atom stereocenters.